The number of nitrogens with zero attached hydrogens (tertiary/aromatic N) is 3. The van der Waals surface area contributed by atoms with Gasteiger partial charge in [0.05, 0.1) is 23.8 Å². The molecule has 4 rings (SSSR count). The van der Waals surface area contributed by atoms with E-state index in [-0.39, 0.29) is 6.61 Å². The zero-order chi connectivity index (χ0) is 16.4. The molecule has 0 amide bonds. The molecule has 0 fully saturated rings. The Morgan fingerprint density at radius 1 is 1.08 bits per heavy atom. The first-order valence-corrected chi connectivity index (χ1v) is 7.65. The molecule has 4 aromatic rings. The number of imidazole rings is 1. The number of nitrogens with one attached hydrogen (secondary N) is 1. The minimum atomic E-state index is 0.00685. The predicted molar refractivity (Wildman–Crippen MR) is 91.2 cm³/mol. The van der Waals surface area contributed by atoms with Crippen LogP contribution in [-0.4, -0.2) is 38.1 Å². The Labute approximate surface area is 138 Å². The molecule has 6 nitrogen and oxygen atoms in total. The van der Waals surface area contributed by atoms with Gasteiger partial charge in [0.2, 0.25) is 0 Å². The van der Waals surface area contributed by atoms with Gasteiger partial charge in [-0.1, -0.05) is 6.07 Å². The summed E-state index contributed by atoms with van der Waals surface area (Å²) < 4.78 is 7.42. The van der Waals surface area contributed by atoms with E-state index in [1.165, 1.54) is 0 Å². The first kappa shape index (κ1) is 14.5. The van der Waals surface area contributed by atoms with E-state index in [1.807, 2.05) is 41.4 Å². The molecule has 0 saturated heterocycles. The summed E-state index contributed by atoms with van der Waals surface area (Å²) in [6.07, 6.45) is 5.47. The molecule has 2 aromatic heterocycles. The second kappa shape index (κ2) is 6.17. The fraction of sp³-hybridized carbons (Fsp3) is 0.111. The summed E-state index contributed by atoms with van der Waals surface area (Å²) in [5.41, 5.74) is 5.08. The van der Waals surface area contributed by atoms with E-state index >= 15 is 0 Å². The van der Waals surface area contributed by atoms with Gasteiger partial charge in [-0.05, 0) is 42.0 Å². The fourth-order valence-corrected chi connectivity index (χ4v) is 2.67. The molecule has 0 aliphatic heterocycles. The first-order valence-electron chi connectivity index (χ1n) is 7.65. The Morgan fingerprint density at radius 2 is 1.96 bits per heavy atom. The third-order valence-corrected chi connectivity index (χ3v) is 3.85. The van der Waals surface area contributed by atoms with E-state index in [4.69, 9.17) is 9.84 Å². The van der Waals surface area contributed by atoms with E-state index in [0.717, 1.165) is 33.6 Å². The Kier molecular flexibility index (Phi) is 3.72. The number of ether oxygens (including phenoxy) is 1. The molecular formula is C18H16N4O2. The van der Waals surface area contributed by atoms with Crippen molar-refractivity contribution in [1.29, 1.82) is 0 Å². The molecule has 0 atom stereocenters. The van der Waals surface area contributed by atoms with Gasteiger partial charge in [-0.15, -0.1) is 0 Å². The number of aromatic amines is 1. The normalized spacial score (nSPS) is 11.0. The highest BCUT2D eigenvalue weighted by molar-refractivity contribution is 5.83. The van der Waals surface area contributed by atoms with Crippen molar-refractivity contribution in [2.45, 2.75) is 0 Å². The van der Waals surface area contributed by atoms with E-state index in [1.54, 1.807) is 6.20 Å². The number of rotatable bonds is 5. The van der Waals surface area contributed by atoms with Crippen molar-refractivity contribution < 1.29 is 9.84 Å². The average Bonchev–Trinajstić information content (AvgIpc) is 3.29. The van der Waals surface area contributed by atoms with Crippen LogP contribution in [-0.2, 0) is 0 Å². The monoisotopic (exact) mass is 320 g/mol. The summed E-state index contributed by atoms with van der Waals surface area (Å²) in [6, 6.07) is 13.9. The van der Waals surface area contributed by atoms with Crippen LogP contribution in [0.1, 0.15) is 0 Å². The maximum absolute atomic E-state index is 8.80. The van der Waals surface area contributed by atoms with Crippen LogP contribution in [0.2, 0.25) is 0 Å². The topological polar surface area (TPSA) is 76.0 Å². The molecule has 2 heterocycles. The zero-order valence-electron chi connectivity index (χ0n) is 12.9. The first-order chi connectivity index (χ1) is 11.8. The maximum atomic E-state index is 8.80. The van der Waals surface area contributed by atoms with E-state index in [2.05, 4.69) is 33.4 Å². The fourth-order valence-electron chi connectivity index (χ4n) is 2.67. The summed E-state index contributed by atoms with van der Waals surface area (Å²) in [5, 5.41) is 15.6. The lowest BCUT2D eigenvalue weighted by molar-refractivity contribution is 0.201. The molecule has 6 heteroatoms. The quantitative estimate of drug-likeness (QED) is 0.593. The van der Waals surface area contributed by atoms with Crippen LogP contribution in [0, 0.1) is 0 Å². The lowest BCUT2D eigenvalue weighted by atomic mass is 10.1. The van der Waals surface area contributed by atoms with Crippen molar-refractivity contribution in [3.8, 4) is 22.6 Å². The lowest BCUT2D eigenvalue weighted by Crippen LogP contribution is -2.01. The molecule has 120 valence electrons. The number of H-pyrrole nitrogens is 1. The van der Waals surface area contributed by atoms with Gasteiger partial charge in [-0.3, -0.25) is 9.67 Å². The Balaban J connectivity index is 1.67. The minimum Gasteiger partial charge on any atom is -0.491 e. The van der Waals surface area contributed by atoms with Gasteiger partial charge in [-0.2, -0.15) is 5.10 Å². The Bertz CT molecular complexity index is 943. The van der Waals surface area contributed by atoms with Crippen molar-refractivity contribution in [2.75, 3.05) is 13.2 Å². The second-order valence-electron chi connectivity index (χ2n) is 5.37. The highest BCUT2D eigenvalue weighted by Crippen LogP contribution is 2.25. The van der Waals surface area contributed by atoms with Crippen molar-refractivity contribution >= 4 is 11.0 Å². The largest absolute Gasteiger partial charge is 0.491 e. The number of aromatic nitrogens is 4. The highest BCUT2D eigenvalue weighted by atomic mass is 16.5. The maximum Gasteiger partial charge on any atom is 0.119 e. The summed E-state index contributed by atoms with van der Waals surface area (Å²) in [6.45, 7) is 0.303. The van der Waals surface area contributed by atoms with Crippen LogP contribution in [0.25, 0.3) is 27.8 Å². The van der Waals surface area contributed by atoms with Gasteiger partial charge in [0, 0.05) is 17.4 Å². The van der Waals surface area contributed by atoms with Gasteiger partial charge in [0.25, 0.3) is 0 Å². The lowest BCUT2D eigenvalue weighted by Gasteiger charge is -2.07. The highest BCUT2D eigenvalue weighted by Gasteiger charge is 2.07. The van der Waals surface area contributed by atoms with Crippen LogP contribution in [0.5, 0.6) is 5.75 Å². The van der Waals surface area contributed by atoms with Crippen LogP contribution in [0.15, 0.2) is 61.2 Å². The summed E-state index contributed by atoms with van der Waals surface area (Å²) >= 11 is 0. The van der Waals surface area contributed by atoms with Crippen molar-refractivity contribution in [1.82, 2.24) is 19.7 Å². The molecule has 2 aromatic carbocycles. The van der Waals surface area contributed by atoms with Crippen molar-refractivity contribution in [3.63, 3.8) is 0 Å². The average molecular weight is 320 g/mol. The third-order valence-electron chi connectivity index (χ3n) is 3.85. The number of aliphatic hydroxyl groups excluding tert-OH is 1. The standard InChI is InChI=1S/C18H16N4O2/c23-7-8-24-16-4-2-15(3-5-16)22-12-19-17-9-13(1-6-18(17)22)14-10-20-21-11-14/h1-6,9-12,23H,7-8H2,(H,20,21). The van der Waals surface area contributed by atoms with E-state index in [0.29, 0.717) is 6.61 Å². The number of hydrogen-bond donors (Lipinski definition) is 2. The summed E-state index contributed by atoms with van der Waals surface area (Å²) in [5.74, 6) is 0.736. The second-order valence-corrected chi connectivity index (χ2v) is 5.37. The summed E-state index contributed by atoms with van der Waals surface area (Å²) in [7, 11) is 0. The molecular weight excluding hydrogens is 304 g/mol. The number of benzene rings is 2. The molecule has 0 spiro atoms. The zero-order valence-corrected chi connectivity index (χ0v) is 12.9. The van der Waals surface area contributed by atoms with Crippen LogP contribution in [0.4, 0.5) is 0 Å². The molecule has 0 bridgehead atoms. The molecule has 24 heavy (non-hydrogen) atoms. The Morgan fingerprint density at radius 3 is 2.71 bits per heavy atom. The number of aliphatic hydroxyl groups is 1. The molecule has 0 aliphatic rings. The molecule has 0 unspecified atom stereocenters. The van der Waals surface area contributed by atoms with Gasteiger partial charge in [0.15, 0.2) is 0 Å². The number of hydrogen-bond acceptors (Lipinski definition) is 4. The van der Waals surface area contributed by atoms with Gasteiger partial charge >= 0.3 is 0 Å². The molecule has 0 aliphatic carbocycles. The van der Waals surface area contributed by atoms with Crippen LogP contribution < -0.4 is 4.74 Å². The van der Waals surface area contributed by atoms with Gasteiger partial charge in [-0.25, -0.2) is 4.98 Å². The van der Waals surface area contributed by atoms with Crippen molar-refractivity contribution in [3.05, 3.63) is 61.2 Å². The predicted octanol–water partition coefficient (Wildman–Crippen LogP) is 2.79. The molecule has 0 radical (unpaired) electrons. The van der Waals surface area contributed by atoms with Crippen molar-refractivity contribution in [2.24, 2.45) is 0 Å². The van der Waals surface area contributed by atoms with E-state index < -0.39 is 0 Å². The van der Waals surface area contributed by atoms with Gasteiger partial charge in [0.1, 0.15) is 18.7 Å². The molecule has 2 N–H and O–H groups in total. The van der Waals surface area contributed by atoms with Gasteiger partial charge < -0.3 is 9.84 Å². The molecule has 0 saturated carbocycles. The van der Waals surface area contributed by atoms with Crippen LogP contribution in [0.3, 0.4) is 0 Å². The SMILES string of the molecule is OCCOc1ccc(-n2cnc3cc(-c4cn[nH]c4)ccc32)cc1. The van der Waals surface area contributed by atoms with Crippen LogP contribution >= 0.6 is 0 Å². The van der Waals surface area contributed by atoms with E-state index in [9.17, 15) is 0 Å². The number of fused-ring (bicyclic) bond motifs is 1. The smallest absolute Gasteiger partial charge is 0.119 e. The third kappa shape index (κ3) is 2.63. The summed E-state index contributed by atoms with van der Waals surface area (Å²) in [4.78, 5) is 4.51. The minimum absolute atomic E-state index is 0.00685. The Hall–Kier alpha value is -3.12.